The molecule has 0 bridgehead atoms. The first-order chi connectivity index (χ1) is 12.6. The van der Waals surface area contributed by atoms with Crippen LogP contribution in [-0.2, 0) is 30.2 Å². The Bertz CT molecular complexity index is 583. The molecule has 0 spiro atoms. The molecule has 0 aromatic heterocycles. The van der Waals surface area contributed by atoms with Crippen molar-refractivity contribution in [3.05, 3.63) is 29.8 Å². The van der Waals surface area contributed by atoms with Gasteiger partial charge in [0.15, 0.2) is 17.3 Å². The Hall–Kier alpha value is -1.37. The van der Waals surface area contributed by atoms with E-state index in [0.29, 0.717) is 13.0 Å². The molecule has 1 heterocycles. The summed E-state index contributed by atoms with van der Waals surface area (Å²) in [5.74, 6) is -0.579. The third-order valence-corrected chi connectivity index (χ3v) is 5.34. The van der Waals surface area contributed by atoms with Crippen LogP contribution in [0.15, 0.2) is 29.2 Å². The Balaban J connectivity index is 1.91. The molecule has 0 N–H and O–H groups in total. The summed E-state index contributed by atoms with van der Waals surface area (Å²) in [6.07, 6.45) is 4.20. The van der Waals surface area contributed by atoms with E-state index in [-0.39, 0.29) is 18.7 Å². The molecule has 1 aliphatic rings. The maximum atomic E-state index is 12.1. The van der Waals surface area contributed by atoms with Gasteiger partial charge < -0.3 is 14.2 Å². The fourth-order valence-electron chi connectivity index (χ4n) is 2.71. The standard InChI is InChI=1S/C20H28O5S/c1-3-17(21)19(20(22)23-4-2)26-16-9-7-8-15(14-16)11-13-25-18-10-5-6-12-24-18/h7-9,14,18-19H,3-6,10-13H2,1-2H3. The molecule has 1 aliphatic heterocycles. The van der Waals surface area contributed by atoms with Gasteiger partial charge in [-0.3, -0.25) is 9.59 Å². The summed E-state index contributed by atoms with van der Waals surface area (Å²) >= 11 is 1.26. The largest absolute Gasteiger partial charge is 0.465 e. The van der Waals surface area contributed by atoms with E-state index in [2.05, 4.69) is 0 Å². The molecule has 0 saturated carbocycles. The van der Waals surface area contributed by atoms with E-state index in [0.717, 1.165) is 42.7 Å². The smallest absolute Gasteiger partial charge is 0.327 e. The van der Waals surface area contributed by atoms with E-state index in [9.17, 15) is 9.59 Å². The number of hydrogen-bond donors (Lipinski definition) is 0. The van der Waals surface area contributed by atoms with Crippen LogP contribution in [0.2, 0.25) is 0 Å². The molecule has 0 radical (unpaired) electrons. The lowest BCUT2D eigenvalue weighted by atomic mass is 10.1. The summed E-state index contributed by atoms with van der Waals surface area (Å²) in [6.45, 7) is 5.14. The summed E-state index contributed by atoms with van der Waals surface area (Å²) in [7, 11) is 0. The molecular formula is C20H28O5S. The van der Waals surface area contributed by atoms with E-state index in [1.807, 2.05) is 24.3 Å². The molecule has 1 fully saturated rings. The number of hydrogen-bond acceptors (Lipinski definition) is 6. The summed E-state index contributed by atoms with van der Waals surface area (Å²) < 4.78 is 16.4. The predicted molar refractivity (Wildman–Crippen MR) is 101 cm³/mol. The van der Waals surface area contributed by atoms with Crippen LogP contribution in [-0.4, -0.2) is 43.1 Å². The number of ketones is 1. The SMILES string of the molecule is CCOC(=O)C(Sc1cccc(CCOC2CCCCO2)c1)C(=O)CC. The van der Waals surface area contributed by atoms with Gasteiger partial charge >= 0.3 is 5.97 Å². The predicted octanol–water partition coefficient (Wildman–Crippen LogP) is 3.78. The van der Waals surface area contributed by atoms with Crippen molar-refractivity contribution in [1.82, 2.24) is 0 Å². The van der Waals surface area contributed by atoms with Gasteiger partial charge in [-0.1, -0.05) is 19.1 Å². The maximum Gasteiger partial charge on any atom is 0.327 e. The van der Waals surface area contributed by atoms with Crippen LogP contribution in [0.5, 0.6) is 0 Å². The third-order valence-electron chi connectivity index (χ3n) is 4.13. The van der Waals surface area contributed by atoms with Crippen LogP contribution in [0.25, 0.3) is 0 Å². The van der Waals surface area contributed by atoms with E-state index in [1.54, 1.807) is 13.8 Å². The molecule has 1 saturated heterocycles. The van der Waals surface area contributed by atoms with Gasteiger partial charge in [-0.15, -0.1) is 11.8 Å². The molecule has 0 amide bonds. The van der Waals surface area contributed by atoms with Crippen molar-refractivity contribution >= 4 is 23.5 Å². The normalized spacial score (nSPS) is 18.3. The maximum absolute atomic E-state index is 12.1. The Morgan fingerprint density at radius 1 is 1.31 bits per heavy atom. The molecule has 1 aromatic rings. The van der Waals surface area contributed by atoms with Crippen LogP contribution in [0.1, 0.15) is 45.1 Å². The summed E-state index contributed by atoms with van der Waals surface area (Å²) in [5, 5.41) is -0.804. The van der Waals surface area contributed by atoms with Gasteiger partial charge in [0.05, 0.1) is 13.2 Å². The second-order valence-corrected chi connectivity index (χ2v) is 7.31. The first-order valence-corrected chi connectivity index (χ1v) is 10.2. The van der Waals surface area contributed by atoms with Gasteiger partial charge in [0.2, 0.25) is 0 Å². The van der Waals surface area contributed by atoms with Crippen molar-refractivity contribution in [3.63, 3.8) is 0 Å². The lowest BCUT2D eigenvalue weighted by Crippen LogP contribution is -2.28. The molecule has 6 heteroatoms. The van der Waals surface area contributed by atoms with Crippen LogP contribution in [0.4, 0.5) is 0 Å². The minimum atomic E-state index is -0.804. The average molecular weight is 381 g/mol. The number of ether oxygens (including phenoxy) is 3. The Morgan fingerprint density at radius 2 is 2.15 bits per heavy atom. The minimum Gasteiger partial charge on any atom is -0.465 e. The number of esters is 1. The van der Waals surface area contributed by atoms with E-state index in [4.69, 9.17) is 14.2 Å². The molecule has 2 rings (SSSR count). The lowest BCUT2D eigenvalue weighted by molar-refractivity contribution is -0.161. The number of benzene rings is 1. The van der Waals surface area contributed by atoms with E-state index >= 15 is 0 Å². The fraction of sp³-hybridized carbons (Fsp3) is 0.600. The lowest BCUT2D eigenvalue weighted by Gasteiger charge is -2.22. The highest BCUT2D eigenvalue weighted by atomic mass is 32.2. The zero-order chi connectivity index (χ0) is 18.8. The Kier molecular flexibility index (Phi) is 9.15. The van der Waals surface area contributed by atoms with Gasteiger partial charge in [-0.25, -0.2) is 0 Å². The van der Waals surface area contributed by atoms with Gasteiger partial charge in [0.25, 0.3) is 0 Å². The topological polar surface area (TPSA) is 61.8 Å². The number of rotatable bonds is 10. The zero-order valence-electron chi connectivity index (χ0n) is 15.6. The number of carbonyl (C=O) groups is 2. The monoisotopic (exact) mass is 380 g/mol. The highest BCUT2D eigenvalue weighted by molar-refractivity contribution is 8.01. The minimum absolute atomic E-state index is 0.0864. The van der Waals surface area contributed by atoms with Crippen molar-refractivity contribution in [2.24, 2.45) is 0 Å². The van der Waals surface area contributed by atoms with Gasteiger partial charge in [-0.05, 0) is 50.3 Å². The molecular weight excluding hydrogens is 352 g/mol. The molecule has 5 nitrogen and oxygen atoms in total. The van der Waals surface area contributed by atoms with Crippen molar-refractivity contribution in [2.45, 2.75) is 62.4 Å². The second kappa shape index (κ2) is 11.4. The molecule has 1 aromatic carbocycles. The second-order valence-electron chi connectivity index (χ2n) is 6.13. The third kappa shape index (κ3) is 6.74. The Morgan fingerprint density at radius 3 is 2.85 bits per heavy atom. The highest BCUT2D eigenvalue weighted by Gasteiger charge is 2.27. The number of carbonyl (C=O) groups excluding carboxylic acids is 2. The van der Waals surface area contributed by atoms with Gasteiger partial charge in [-0.2, -0.15) is 0 Å². The van der Waals surface area contributed by atoms with Gasteiger partial charge in [0, 0.05) is 17.9 Å². The summed E-state index contributed by atoms with van der Waals surface area (Å²) in [5.41, 5.74) is 1.11. The number of thioether (sulfide) groups is 1. The zero-order valence-corrected chi connectivity index (χ0v) is 16.4. The molecule has 144 valence electrons. The van der Waals surface area contributed by atoms with Crippen molar-refractivity contribution in [1.29, 1.82) is 0 Å². The van der Waals surface area contributed by atoms with Crippen LogP contribution in [0.3, 0.4) is 0 Å². The van der Waals surface area contributed by atoms with Crippen LogP contribution < -0.4 is 0 Å². The van der Waals surface area contributed by atoms with Crippen molar-refractivity contribution < 1.29 is 23.8 Å². The molecule has 26 heavy (non-hydrogen) atoms. The van der Waals surface area contributed by atoms with Crippen molar-refractivity contribution in [2.75, 3.05) is 19.8 Å². The number of Topliss-reactive ketones (excluding diaryl/α,β-unsaturated/α-hetero) is 1. The van der Waals surface area contributed by atoms with Gasteiger partial charge in [0.1, 0.15) is 0 Å². The first-order valence-electron chi connectivity index (χ1n) is 9.32. The summed E-state index contributed by atoms with van der Waals surface area (Å²) in [6, 6.07) is 7.88. The van der Waals surface area contributed by atoms with Crippen molar-refractivity contribution in [3.8, 4) is 0 Å². The molecule has 2 atom stereocenters. The first kappa shape index (κ1) is 20.9. The molecule has 0 aliphatic carbocycles. The van der Waals surface area contributed by atoms with Crippen LogP contribution in [0, 0.1) is 0 Å². The summed E-state index contributed by atoms with van der Waals surface area (Å²) in [4.78, 5) is 25.1. The Labute approximate surface area is 159 Å². The highest BCUT2D eigenvalue weighted by Crippen LogP contribution is 2.27. The fourth-order valence-corrected chi connectivity index (χ4v) is 3.82. The van der Waals surface area contributed by atoms with Crippen LogP contribution >= 0.6 is 11.8 Å². The van der Waals surface area contributed by atoms with E-state index < -0.39 is 11.2 Å². The molecule has 2 unspecified atom stereocenters. The average Bonchev–Trinajstić information content (AvgIpc) is 2.67. The quantitative estimate of drug-likeness (QED) is 0.350. The van der Waals surface area contributed by atoms with E-state index in [1.165, 1.54) is 11.8 Å².